The van der Waals surface area contributed by atoms with Crippen LogP contribution in [0.3, 0.4) is 0 Å². The van der Waals surface area contributed by atoms with Crippen molar-refractivity contribution in [2.45, 2.75) is 37.6 Å². The third kappa shape index (κ3) is 2.75. The van der Waals surface area contributed by atoms with Gasteiger partial charge in [0.15, 0.2) is 0 Å². The minimum Gasteiger partial charge on any atom is -0.479 e. The van der Waals surface area contributed by atoms with Crippen molar-refractivity contribution in [3.63, 3.8) is 0 Å². The third-order valence-corrected chi connectivity index (χ3v) is 4.18. The number of likely N-dealkylation sites (N-methyl/N-ethyl adjacent to an activating group) is 1. The molecule has 0 aromatic heterocycles. The van der Waals surface area contributed by atoms with Crippen molar-refractivity contribution in [2.24, 2.45) is 0 Å². The number of halogens is 2. The molecule has 1 aromatic rings. The summed E-state index contributed by atoms with van der Waals surface area (Å²) in [6.07, 6.45) is 2.93. The summed E-state index contributed by atoms with van der Waals surface area (Å²) in [4.78, 5) is 25.1. The Bertz CT molecular complexity index is 568. The van der Waals surface area contributed by atoms with Crippen LogP contribution in [-0.4, -0.2) is 34.5 Å². The average Bonchev–Trinajstić information content (AvgIpc) is 2.48. The summed E-state index contributed by atoms with van der Waals surface area (Å²) in [6, 6.07) is 2.58. The summed E-state index contributed by atoms with van der Waals surface area (Å²) in [5.74, 6) is -3.50. The highest BCUT2D eigenvalue weighted by Crippen LogP contribution is 2.34. The number of carbonyl (C=O) groups excluding carboxylic acids is 1. The molecule has 0 spiro atoms. The van der Waals surface area contributed by atoms with Gasteiger partial charge >= 0.3 is 5.97 Å². The van der Waals surface area contributed by atoms with Gasteiger partial charge in [0.05, 0.1) is 5.56 Å². The number of nitrogens with zero attached hydrogens (tertiary/aromatic N) is 1. The fourth-order valence-corrected chi connectivity index (χ4v) is 2.87. The Morgan fingerprint density at radius 2 is 1.81 bits per heavy atom. The summed E-state index contributed by atoms with van der Waals surface area (Å²) < 4.78 is 26.9. The number of rotatable bonds is 3. The van der Waals surface area contributed by atoms with E-state index in [1.807, 2.05) is 0 Å². The number of hydrogen-bond acceptors (Lipinski definition) is 2. The van der Waals surface area contributed by atoms with Crippen LogP contribution in [0, 0.1) is 11.6 Å². The van der Waals surface area contributed by atoms with E-state index in [1.54, 1.807) is 0 Å². The van der Waals surface area contributed by atoms with Crippen LogP contribution >= 0.6 is 0 Å². The molecule has 0 saturated heterocycles. The molecule has 114 valence electrons. The fourth-order valence-electron chi connectivity index (χ4n) is 2.87. The van der Waals surface area contributed by atoms with E-state index in [2.05, 4.69) is 0 Å². The van der Waals surface area contributed by atoms with Gasteiger partial charge < -0.3 is 10.0 Å². The zero-order valence-electron chi connectivity index (χ0n) is 11.7. The van der Waals surface area contributed by atoms with Gasteiger partial charge in [-0.2, -0.15) is 0 Å². The summed E-state index contributed by atoms with van der Waals surface area (Å²) >= 11 is 0. The first-order valence-corrected chi connectivity index (χ1v) is 6.85. The number of aliphatic carboxylic acids is 1. The van der Waals surface area contributed by atoms with Crippen molar-refractivity contribution < 1.29 is 23.5 Å². The Morgan fingerprint density at radius 3 is 2.38 bits per heavy atom. The van der Waals surface area contributed by atoms with Crippen molar-refractivity contribution >= 4 is 11.9 Å². The second-order valence-corrected chi connectivity index (χ2v) is 5.39. The predicted molar refractivity (Wildman–Crippen MR) is 71.9 cm³/mol. The number of amides is 1. The first-order chi connectivity index (χ1) is 9.88. The Balaban J connectivity index is 2.36. The lowest BCUT2D eigenvalue weighted by Gasteiger charge is -2.41. The Hall–Kier alpha value is -1.98. The van der Waals surface area contributed by atoms with Crippen molar-refractivity contribution in [1.29, 1.82) is 0 Å². The van der Waals surface area contributed by atoms with Crippen molar-refractivity contribution in [3.8, 4) is 0 Å². The van der Waals surface area contributed by atoms with Gasteiger partial charge in [0.2, 0.25) is 0 Å². The SMILES string of the molecule is CN(C(=O)c1cc(F)ccc1F)C1(C(=O)O)CCCCC1. The molecule has 1 aromatic carbocycles. The van der Waals surface area contributed by atoms with Crippen LogP contribution in [0.25, 0.3) is 0 Å². The van der Waals surface area contributed by atoms with Crippen LogP contribution in [0.2, 0.25) is 0 Å². The highest BCUT2D eigenvalue weighted by atomic mass is 19.1. The van der Waals surface area contributed by atoms with E-state index in [9.17, 15) is 23.5 Å². The Labute approximate surface area is 121 Å². The number of carboxylic acid groups (broad SMARTS) is 1. The number of carboxylic acids is 1. The lowest BCUT2D eigenvalue weighted by molar-refractivity contribution is -0.151. The normalized spacial score (nSPS) is 17.3. The van der Waals surface area contributed by atoms with Gasteiger partial charge in [0, 0.05) is 7.05 Å². The molecular weight excluding hydrogens is 280 g/mol. The van der Waals surface area contributed by atoms with Gasteiger partial charge in [-0.3, -0.25) is 4.79 Å². The van der Waals surface area contributed by atoms with Gasteiger partial charge in [-0.15, -0.1) is 0 Å². The molecule has 1 saturated carbocycles. The van der Waals surface area contributed by atoms with Crippen molar-refractivity contribution in [3.05, 3.63) is 35.4 Å². The fraction of sp³-hybridized carbons (Fsp3) is 0.467. The lowest BCUT2D eigenvalue weighted by atomic mass is 9.80. The van der Waals surface area contributed by atoms with Crippen LogP contribution in [-0.2, 0) is 4.79 Å². The molecule has 1 aliphatic carbocycles. The molecule has 0 bridgehead atoms. The van der Waals surface area contributed by atoms with Crippen molar-refractivity contribution in [1.82, 2.24) is 4.90 Å². The number of hydrogen-bond donors (Lipinski definition) is 1. The smallest absolute Gasteiger partial charge is 0.329 e. The zero-order valence-corrected chi connectivity index (χ0v) is 11.7. The summed E-state index contributed by atoms with van der Waals surface area (Å²) in [6.45, 7) is 0. The molecule has 6 heteroatoms. The largest absolute Gasteiger partial charge is 0.479 e. The number of benzene rings is 1. The maximum absolute atomic E-state index is 13.7. The monoisotopic (exact) mass is 297 g/mol. The molecular formula is C15H17F2NO3. The molecule has 21 heavy (non-hydrogen) atoms. The maximum atomic E-state index is 13.7. The van der Waals surface area contributed by atoms with Crippen LogP contribution in [0.5, 0.6) is 0 Å². The molecule has 0 atom stereocenters. The predicted octanol–water partition coefficient (Wildman–Crippen LogP) is 2.82. The summed E-state index contributed by atoms with van der Waals surface area (Å²) in [5.41, 5.74) is -1.78. The van der Waals surface area contributed by atoms with Crippen LogP contribution in [0.4, 0.5) is 8.78 Å². The van der Waals surface area contributed by atoms with E-state index in [0.29, 0.717) is 25.7 Å². The summed E-state index contributed by atoms with van der Waals surface area (Å²) in [5, 5.41) is 9.52. The quantitative estimate of drug-likeness (QED) is 0.933. The summed E-state index contributed by atoms with van der Waals surface area (Å²) in [7, 11) is 1.34. The van der Waals surface area contributed by atoms with Crippen LogP contribution in [0.1, 0.15) is 42.5 Å². The first-order valence-electron chi connectivity index (χ1n) is 6.85. The molecule has 1 amide bonds. The van der Waals surface area contributed by atoms with E-state index >= 15 is 0 Å². The average molecular weight is 297 g/mol. The Morgan fingerprint density at radius 1 is 1.19 bits per heavy atom. The van der Waals surface area contributed by atoms with Crippen LogP contribution < -0.4 is 0 Å². The maximum Gasteiger partial charge on any atom is 0.329 e. The Kier molecular flexibility index (Phi) is 4.25. The van der Waals surface area contributed by atoms with Gasteiger partial charge in [0.1, 0.15) is 17.2 Å². The second-order valence-electron chi connectivity index (χ2n) is 5.39. The molecule has 0 unspecified atom stereocenters. The molecule has 4 nitrogen and oxygen atoms in total. The molecule has 1 fully saturated rings. The standard InChI is InChI=1S/C15H17F2NO3/c1-18(15(14(20)21)7-3-2-4-8-15)13(19)11-9-10(16)5-6-12(11)17/h5-6,9H,2-4,7-8H2,1H3,(H,20,21). The van der Waals surface area contributed by atoms with Gasteiger partial charge in [0.25, 0.3) is 5.91 Å². The van der Waals surface area contributed by atoms with E-state index in [-0.39, 0.29) is 0 Å². The van der Waals surface area contributed by atoms with Gasteiger partial charge in [-0.25, -0.2) is 13.6 Å². The topological polar surface area (TPSA) is 57.6 Å². The highest BCUT2D eigenvalue weighted by molar-refractivity contribution is 5.98. The van der Waals surface area contributed by atoms with Gasteiger partial charge in [-0.1, -0.05) is 19.3 Å². The van der Waals surface area contributed by atoms with Gasteiger partial charge in [-0.05, 0) is 31.0 Å². The van der Waals surface area contributed by atoms with Crippen molar-refractivity contribution in [2.75, 3.05) is 7.05 Å². The van der Waals surface area contributed by atoms with E-state index < -0.39 is 34.6 Å². The first kappa shape index (κ1) is 15.4. The molecule has 0 aliphatic heterocycles. The second kappa shape index (κ2) is 5.79. The molecule has 0 heterocycles. The minimum absolute atomic E-state index is 0.321. The molecule has 0 radical (unpaired) electrons. The van der Waals surface area contributed by atoms with E-state index in [0.717, 1.165) is 29.5 Å². The van der Waals surface area contributed by atoms with Crippen LogP contribution in [0.15, 0.2) is 18.2 Å². The minimum atomic E-state index is -1.34. The van der Waals surface area contributed by atoms with E-state index in [4.69, 9.17) is 0 Å². The molecule has 1 aliphatic rings. The lowest BCUT2D eigenvalue weighted by Crippen LogP contribution is -2.56. The highest BCUT2D eigenvalue weighted by Gasteiger charge is 2.46. The molecule has 1 N–H and O–H groups in total. The third-order valence-electron chi connectivity index (χ3n) is 4.18. The number of carbonyl (C=O) groups is 2. The van der Waals surface area contributed by atoms with E-state index in [1.165, 1.54) is 7.05 Å². The molecule has 2 rings (SSSR count). The zero-order chi connectivity index (χ0) is 15.6.